The lowest BCUT2D eigenvalue weighted by Crippen LogP contribution is -1.63. The summed E-state index contributed by atoms with van der Waals surface area (Å²) in [4.78, 5) is 3.56. The molecule has 0 atom stereocenters. The predicted octanol–water partition coefficient (Wildman–Crippen LogP) is 2.24. The number of hydrogen-bond acceptors (Lipinski definition) is 3. The fraction of sp³-hybridized carbons (Fsp3) is 0. The Morgan fingerprint density at radius 1 is 1.21 bits per heavy atom. The molecule has 0 fully saturated rings. The van der Waals surface area contributed by atoms with Gasteiger partial charge in [0.25, 0.3) is 0 Å². The lowest BCUT2D eigenvalue weighted by molar-refractivity contribution is 0.558. The highest BCUT2D eigenvalue weighted by Crippen LogP contribution is 2.06. The van der Waals surface area contributed by atoms with Gasteiger partial charge in [0.15, 0.2) is 6.39 Å². The highest BCUT2D eigenvalue weighted by molar-refractivity contribution is 5.77. The van der Waals surface area contributed by atoms with Gasteiger partial charge in [0, 0.05) is 5.39 Å². The standard InChI is InChI=1S/C7H6N2.C3H3NO/c1-2-4-7-6(3-1)5-8-9-7;1-2-5-3-4-1/h1-5H,(H,8,9);1-3H. The molecule has 0 bridgehead atoms. The Morgan fingerprint density at radius 3 is 2.79 bits per heavy atom. The first-order valence-electron chi connectivity index (χ1n) is 4.17. The van der Waals surface area contributed by atoms with E-state index >= 15 is 0 Å². The average molecular weight is 187 g/mol. The third kappa shape index (κ3) is 1.98. The van der Waals surface area contributed by atoms with Gasteiger partial charge in [-0.2, -0.15) is 5.10 Å². The maximum Gasteiger partial charge on any atom is 0.180 e. The smallest absolute Gasteiger partial charge is 0.180 e. The minimum absolute atomic E-state index is 1.09. The molecule has 0 saturated heterocycles. The van der Waals surface area contributed by atoms with Crippen molar-refractivity contribution in [3.63, 3.8) is 0 Å². The summed E-state index contributed by atoms with van der Waals surface area (Å²) in [6, 6.07) is 8.01. The van der Waals surface area contributed by atoms with Crippen LogP contribution in [0.1, 0.15) is 0 Å². The summed E-state index contributed by atoms with van der Waals surface area (Å²) in [5, 5.41) is 7.91. The minimum Gasteiger partial charge on any atom is -0.452 e. The van der Waals surface area contributed by atoms with Crippen LogP contribution in [0.2, 0.25) is 0 Å². The van der Waals surface area contributed by atoms with Crippen LogP contribution in [0.4, 0.5) is 0 Å². The van der Waals surface area contributed by atoms with E-state index < -0.39 is 0 Å². The monoisotopic (exact) mass is 187 g/mol. The zero-order chi connectivity index (χ0) is 9.64. The first-order valence-corrected chi connectivity index (χ1v) is 4.17. The van der Waals surface area contributed by atoms with Crippen molar-refractivity contribution in [3.05, 3.63) is 49.3 Å². The van der Waals surface area contributed by atoms with E-state index in [9.17, 15) is 0 Å². The molecule has 3 aromatic rings. The number of oxazole rings is 1. The molecule has 0 unspecified atom stereocenters. The van der Waals surface area contributed by atoms with Crippen molar-refractivity contribution in [2.24, 2.45) is 0 Å². The molecule has 4 heteroatoms. The Morgan fingerprint density at radius 2 is 2.14 bits per heavy atom. The van der Waals surface area contributed by atoms with Crippen LogP contribution in [-0.4, -0.2) is 15.2 Å². The Kier molecular flexibility index (Phi) is 2.56. The van der Waals surface area contributed by atoms with Crippen LogP contribution < -0.4 is 0 Å². The van der Waals surface area contributed by atoms with Gasteiger partial charge in [-0.1, -0.05) is 18.2 Å². The molecule has 0 saturated carbocycles. The van der Waals surface area contributed by atoms with E-state index in [-0.39, 0.29) is 0 Å². The van der Waals surface area contributed by atoms with Crippen molar-refractivity contribution in [2.75, 3.05) is 0 Å². The van der Waals surface area contributed by atoms with Crippen LogP contribution in [-0.2, 0) is 0 Å². The SMILES string of the molecule is c1ccc2[nH]ncc2c1.c1cocn1. The van der Waals surface area contributed by atoms with Crippen molar-refractivity contribution < 1.29 is 4.42 Å². The Bertz CT molecular complexity index is 425. The lowest BCUT2D eigenvalue weighted by atomic mass is 10.3. The first-order chi connectivity index (χ1) is 6.97. The number of H-pyrrole nitrogens is 1. The topological polar surface area (TPSA) is 54.7 Å². The van der Waals surface area contributed by atoms with E-state index in [1.54, 1.807) is 6.20 Å². The lowest BCUT2D eigenvalue weighted by Gasteiger charge is -1.81. The van der Waals surface area contributed by atoms with Gasteiger partial charge >= 0.3 is 0 Å². The van der Waals surface area contributed by atoms with Crippen molar-refractivity contribution >= 4 is 10.9 Å². The predicted molar refractivity (Wildman–Crippen MR) is 52.6 cm³/mol. The summed E-state index contributed by atoms with van der Waals surface area (Å²) in [5.74, 6) is 0. The van der Waals surface area contributed by atoms with Gasteiger partial charge in [0.2, 0.25) is 0 Å². The summed E-state index contributed by atoms with van der Waals surface area (Å²) >= 11 is 0. The van der Waals surface area contributed by atoms with E-state index in [1.165, 1.54) is 12.7 Å². The first kappa shape index (κ1) is 8.50. The molecule has 0 aliphatic rings. The van der Waals surface area contributed by atoms with E-state index in [0.717, 1.165) is 10.9 Å². The minimum atomic E-state index is 1.09. The van der Waals surface area contributed by atoms with Crippen molar-refractivity contribution in [1.29, 1.82) is 0 Å². The zero-order valence-electron chi connectivity index (χ0n) is 7.42. The number of para-hydroxylation sites is 1. The van der Waals surface area contributed by atoms with Gasteiger partial charge in [0.1, 0.15) is 6.26 Å². The van der Waals surface area contributed by atoms with Gasteiger partial charge in [-0.15, -0.1) is 0 Å². The van der Waals surface area contributed by atoms with E-state index in [2.05, 4.69) is 19.6 Å². The number of fused-ring (bicyclic) bond motifs is 1. The molecule has 0 aliphatic heterocycles. The molecule has 14 heavy (non-hydrogen) atoms. The molecule has 4 nitrogen and oxygen atoms in total. The van der Waals surface area contributed by atoms with Crippen LogP contribution in [0.3, 0.4) is 0 Å². The van der Waals surface area contributed by atoms with Crippen LogP contribution in [0.5, 0.6) is 0 Å². The van der Waals surface area contributed by atoms with Gasteiger partial charge in [-0.25, -0.2) is 4.98 Å². The summed E-state index contributed by atoms with van der Waals surface area (Å²) in [6.45, 7) is 0. The van der Waals surface area contributed by atoms with Crippen LogP contribution in [0.25, 0.3) is 10.9 Å². The number of hydrogen-bond donors (Lipinski definition) is 1. The normalized spacial score (nSPS) is 9.43. The Labute approximate surface area is 80.6 Å². The summed E-state index contributed by atoms with van der Waals surface area (Å²) in [7, 11) is 0. The molecule has 3 rings (SSSR count). The number of aromatic nitrogens is 3. The van der Waals surface area contributed by atoms with Crippen LogP contribution in [0.15, 0.2) is 53.7 Å². The molecule has 0 radical (unpaired) electrons. The van der Waals surface area contributed by atoms with Gasteiger partial charge < -0.3 is 4.42 Å². The largest absolute Gasteiger partial charge is 0.452 e. The Hall–Kier alpha value is -2.10. The zero-order valence-corrected chi connectivity index (χ0v) is 7.42. The maximum atomic E-state index is 4.47. The van der Waals surface area contributed by atoms with Gasteiger partial charge in [0.05, 0.1) is 17.9 Å². The highest BCUT2D eigenvalue weighted by Gasteiger charge is 1.88. The van der Waals surface area contributed by atoms with Gasteiger partial charge in [-0.3, -0.25) is 5.10 Å². The number of aromatic amines is 1. The molecular formula is C10H9N3O. The van der Waals surface area contributed by atoms with E-state index in [0.29, 0.717) is 0 Å². The summed E-state index contributed by atoms with van der Waals surface area (Å²) < 4.78 is 4.47. The fourth-order valence-electron chi connectivity index (χ4n) is 1.06. The molecule has 70 valence electrons. The van der Waals surface area contributed by atoms with Crippen molar-refractivity contribution in [1.82, 2.24) is 15.2 Å². The highest BCUT2D eigenvalue weighted by atomic mass is 16.3. The Balaban J connectivity index is 0.000000128. The molecule has 0 spiro atoms. The summed E-state index contributed by atoms with van der Waals surface area (Å²) in [6.07, 6.45) is 6.29. The van der Waals surface area contributed by atoms with Crippen LogP contribution in [0, 0.1) is 0 Å². The van der Waals surface area contributed by atoms with Crippen molar-refractivity contribution in [2.45, 2.75) is 0 Å². The number of rotatable bonds is 0. The van der Waals surface area contributed by atoms with Gasteiger partial charge in [-0.05, 0) is 6.07 Å². The molecule has 0 aliphatic carbocycles. The molecule has 2 heterocycles. The summed E-state index contributed by atoms with van der Waals surface area (Å²) in [5.41, 5.74) is 1.09. The molecule has 1 N–H and O–H groups in total. The number of nitrogens with zero attached hydrogens (tertiary/aromatic N) is 2. The third-order valence-electron chi connectivity index (χ3n) is 1.70. The van der Waals surface area contributed by atoms with E-state index in [4.69, 9.17) is 0 Å². The third-order valence-corrected chi connectivity index (χ3v) is 1.70. The molecule has 2 aromatic heterocycles. The second kappa shape index (κ2) is 4.23. The molecule has 1 aromatic carbocycles. The number of nitrogens with one attached hydrogen (secondary N) is 1. The molecule has 0 amide bonds. The quantitative estimate of drug-likeness (QED) is 0.587. The fourth-order valence-corrected chi connectivity index (χ4v) is 1.06. The second-order valence-electron chi connectivity index (χ2n) is 2.63. The maximum absolute atomic E-state index is 4.47. The molecular weight excluding hydrogens is 178 g/mol. The van der Waals surface area contributed by atoms with Crippen LogP contribution >= 0.6 is 0 Å². The van der Waals surface area contributed by atoms with Crippen molar-refractivity contribution in [3.8, 4) is 0 Å². The number of benzene rings is 1. The average Bonchev–Trinajstić information content (AvgIpc) is 2.92. The second-order valence-corrected chi connectivity index (χ2v) is 2.63. The van der Waals surface area contributed by atoms with E-state index in [1.807, 2.05) is 30.5 Å².